The Morgan fingerprint density at radius 1 is 0.845 bits per heavy atom. The van der Waals surface area contributed by atoms with Crippen LogP contribution in [-0.2, 0) is 32.3 Å². The number of thiophene rings is 1. The number of β-amino-alcohol motifs (C(OH)–C–C–N with tert-alkyl or cyclic N) is 1. The third kappa shape index (κ3) is 17.1. The van der Waals surface area contributed by atoms with Crippen molar-refractivity contribution in [3.05, 3.63) is 85.9 Å². The van der Waals surface area contributed by atoms with Crippen molar-refractivity contribution in [3.63, 3.8) is 0 Å². The minimum atomic E-state index is -0.859. The Balaban J connectivity index is 0.856. The molecule has 0 unspecified atom stereocenters. The van der Waals surface area contributed by atoms with Gasteiger partial charge in [0.05, 0.1) is 43.5 Å². The molecule has 4 aromatic rings. The van der Waals surface area contributed by atoms with Gasteiger partial charge in [0.1, 0.15) is 18.1 Å². The number of nitrogens with one attached hydrogen (secondary N) is 5. The number of aryl methyl sites for hydroxylation is 2. The smallest absolute Gasteiger partial charge is 0.262 e. The van der Waals surface area contributed by atoms with Gasteiger partial charge in [-0.1, -0.05) is 127 Å². The fraction of sp³-hybridized carbons (Fsp3) is 0.574. The highest BCUT2D eigenvalue weighted by Crippen LogP contribution is 2.30. The van der Waals surface area contributed by atoms with Crippen molar-refractivity contribution in [3.8, 4) is 10.4 Å². The average molecular weight is 1030 g/mol. The SMILES string of the molecule is Cc1ncc(Cl)cc1NCc1ccc(C(=O)N[C@@H](CC2CCCCC2)C(=O)NCCCCCCCCCCC(=O)N[C@H](C(=O)N2C[C@@H](O)C[C@@H]2C(=O)NCc2ccc(-c3scnc3C)cc2)C(C)(C)C)s1. The number of amides is 5. The number of carbonyl (C=O) groups excluding carboxylic acids is 5. The average Bonchev–Trinajstić information content (AvgIpc) is 4.11. The minimum Gasteiger partial charge on any atom is -0.391 e. The van der Waals surface area contributed by atoms with Crippen LogP contribution in [0, 0.1) is 25.2 Å². The number of rotatable bonds is 25. The molecule has 1 aliphatic carbocycles. The number of unbranched alkanes of at least 4 members (excludes halogenated alkanes) is 7. The van der Waals surface area contributed by atoms with Crippen molar-refractivity contribution >= 4 is 69.5 Å². The summed E-state index contributed by atoms with van der Waals surface area (Å²) in [6.07, 6.45) is 15.1. The number of carbonyl (C=O) groups is 5. The standard InChI is InChI=1S/C54H75ClN8O6S2/c1-35-43(28-40(55)31-57-35)58-32-42-24-25-46(71-42)52(68)61-44(27-37-17-13-12-14-18-37)50(66)56-26-16-11-9-7-6-8-10-15-19-47(65)62-49(54(3,4)5)53(69)63-33-41(64)29-45(63)51(67)59-30-38-20-22-39(23-21-38)48-36(2)60-34-70-48/h20-25,28,31,34,37,41,44-45,49,58,64H,6-19,26-27,29-30,32-33H2,1-5H3,(H,56,66)(H,59,67)(H,61,68)(H,62,65)/t41-,44-,45+,49+/m0/s1. The molecule has 4 atom stereocenters. The van der Waals surface area contributed by atoms with Crippen molar-refractivity contribution in [2.45, 2.75) is 175 Å². The summed E-state index contributed by atoms with van der Waals surface area (Å²) in [6, 6.07) is 11.2. The summed E-state index contributed by atoms with van der Waals surface area (Å²) >= 11 is 9.12. The normalized spacial score (nSPS) is 17.1. The maximum absolute atomic E-state index is 14.0. The van der Waals surface area contributed by atoms with Gasteiger partial charge in [-0.2, -0.15) is 0 Å². The van der Waals surface area contributed by atoms with Crippen molar-refractivity contribution in [2.75, 3.05) is 18.4 Å². The van der Waals surface area contributed by atoms with Gasteiger partial charge in [-0.15, -0.1) is 22.7 Å². The van der Waals surface area contributed by atoms with E-state index in [0.29, 0.717) is 48.2 Å². The number of hydrogen-bond donors (Lipinski definition) is 6. The van der Waals surface area contributed by atoms with Crippen LogP contribution in [0.2, 0.25) is 5.02 Å². The molecule has 6 N–H and O–H groups in total. The van der Waals surface area contributed by atoms with Gasteiger partial charge >= 0.3 is 0 Å². The predicted octanol–water partition coefficient (Wildman–Crippen LogP) is 9.65. The Bertz CT molecular complexity index is 2380. The first-order chi connectivity index (χ1) is 34.0. The van der Waals surface area contributed by atoms with Crippen LogP contribution in [0.1, 0.15) is 155 Å². The van der Waals surface area contributed by atoms with E-state index in [0.717, 1.165) is 109 Å². The highest BCUT2D eigenvalue weighted by molar-refractivity contribution is 7.14. The largest absolute Gasteiger partial charge is 0.391 e. The third-order valence-electron chi connectivity index (χ3n) is 13.6. The van der Waals surface area contributed by atoms with Gasteiger partial charge in [0.25, 0.3) is 5.91 Å². The molecule has 2 fully saturated rings. The first kappa shape index (κ1) is 55.4. The van der Waals surface area contributed by atoms with E-state index >= 15 is 0 Å². The molecule has 4 heterocycles. The minimum absolute atomic E-state index is 0.0274. The Labute approximate surface area is 433 Å². The first-order valence-corrected chi connectivity index (χ1v) is 27.7. The molecule has 6 rings (SSSR count). The van der Waals surface area contributed by atoms with Crippen LogP contribution in [0.4, 0.5) is 5.69 Å². The van der Waals surface area contributed by atoms with Crippen molar-refractivity contribution in [2.24, 2.45) is 11.3 Å². The molecule has 71 heavy (non-hydrogen) atoms. The second kappa shape index (κ2) is 27.2. The lowest BCUT2D eigenvalue weighted by atomic mass is 9.84. The van der Waals surface area contributed by atoms with Gasteiger partial charge in [0.2, 0.25) is 23.6 Å². The van der Waals surface area contributed by atoms with E-state index in [4.69, 9.17) is 11.6 Å². The van der Waals surface area contributed by atoms with E-state index in [1.807, 2.05) is 82.6 Å². The number of pyridine rings is 1. The number of benzene rings is 1. The van der Waals surface area contributed by atoms with Gasteiger partial charge in [-0.3, -0.25) is 29.0 Å². The zero-order valence-corrected chi connectivity index (χ0v) is 44.6. The van der Waals surface area contributed by atoms with Crippen LogP contribution < -0.4 is 26.6 Å². The Kier molecular flexibility index (Phi) is 21.3. The first-order valence-electron chi connectivity index (χ1n) is 25.6. The van der Waals surface area contributed by atoms with E-state index in [-0.39, 0.29) is 49.0 Å². The zero-order valence-electron chi connectivity index (χ0n) is 42.2. The van der Waals surface area contributed by atoms with Gasteiger partial charge in [-0.25, -0.2) is 4.98 Å². The fourth-order valence-corrected chi connectivity index (χ4v) is 11.3. The molecule has 17 heteroatoms. The molecule has 14 nitrogen and oxygen atoms in total. The number of thiazole rings is 1. The molecule has 3 aromatic heterocycles. The lowest BCUT2D eigenvalue weighted by Crippen LogP contribution is -2.57. The molecule has 1 aromatic carbocycles. The van der Waals surface area contributed by atoms with Gasteiger partial charge in [0.15, 0.2) is 0 Å². The molecule has 1 saturated carbocycles. The summed E-state index contributed by atoms with van der Waals surface area (Å²) in [7, 11) is 0. The fourth-order valence-electron chi connectivity index (χ4n) is 9.50. The maximum atomic E-state index is 14.0. The molecule has 5 amide bonds. The van der Waals surface area contributed by atoms with Gasteiger partial charge in [0, 0.05) is 50.1 Å². The Hall–Kier alpha value is -4.90. The van der Waals surface area contributed by atoms with Crippen LogP contribution >= 0.6 is 34.3 Å². The van der Waals surface area contributed by atoms with Crippen molar-refractivity contribution < 1.29 is 29.1 Å². The number of likely N-dealkylation sites (tertiary alicyclic amines) is 1. The molecular formula is C54H75ClN8O6S2. The van der Waals surface area contributed by atoms with Crippen LogP contribution in [0.15, 0.2) is 54.2 Å². The number of nitrogens with zero attached hydrogens (tertiary/aromatic N) is 3. The lowest BCUT2D eigenvalue weighted by Gasteiger charge is -2.35. The maximum Gasteiger partial charge on any atom is 0.262 e. The highest BCUT2D eigenvalue weighted by Gasteiger charge is 2.44. The van der Waals surface area contributed by atoms with E-state index in [1.165, 1.54) is 22.7 Å². The molecule has 2 aliphatic rings. The molecule has 1 aliphatic heterocycles. The monoisotopic (exact) mass is 1030 g/mol. The molecule has 0 radical (unpaired) electrons. The van der Waals surface area contributed by atoms with E-state index in [1.54, 1.807) is 17.5 Å². The molecular weight excluding hydrogens is 956 g/mol. The van der Waals surface area contributed by atoms with Crippen LogP contribution in [-0.4, -0.2) is 86.8 Å². The van der Waals surface area contributed by atoms with Crippen LogP contribution in [0.5, 0.6) is 0 Å². The summed E-state index contributed by atoms with van der Waals surface area (Å²) in [6.45, 7) is 11.0. The molecule has 0 spiro atoms. The topological polar surface area (TPSA) is 195 Å². The zero-order chi connectivity index (χ0) is 50.9. The number of aromatic nitrogens is 2. The number of halogens is 1. The quantitative estimate of drug-likeness (QED) is 0.0351. The lowest BCUT2D eigenvalue weighted by molar-refractivity contribution is -0.144. The summed E-state index contributed by atoms with van der Waals surface area (Å²) in [5, 5.41) is 26.6. The molecule has 0 bridgehead atoms. The number of aliphatic hydroxyl groups excluding tert-OH is 1. The van der Waals surface area contributed by atoms with Crippen molar-refractivity contribution in [1.82, 2.24) is 36.1 Å². The number of aliphatic hydroxyl groups is 1. The second-order valence-electron chi connectivity index (χ2n) is 20.5. The Morgan fingerprint density at radius 2 is 1.55 bits per heavy atom. The van der Waals surface area contributed by atoms with Crippen molar-refractivity contribution in [1.29, 1.82) is 0 Å². The van der Waals surface area contributed by atoms with Crippen LogP contribution in [0.3, 0.4) is 0 Å². The van der Waals surface area contributed by atoms with E-state index in [2.05, 4.69) is 36.6 Å². The van der Waals surface area contributed by atoms with Gasteiger partial charge < -0.3 is 36.6 Å². The Morgan fingerprint density at radius 3 is 2.24 bits per heavy atom. The molecule has 386 valence electrons. The predicted molar refractivity (Wildman–Crippen MR) is 284 cm³/mol. The highest BCUT2D eigenvalue weighted by atomic mass is 35.5. The number of anilines is 1. The summed E-state index contributed by atoms with van der Waals surface area (Å²) in [5.74, 6) is -0.831. The van der Waals surface area contributed by atoms with Crippen LogP contribution in [0.25, 0.3) is 10.4 Å². The second-order valence-corrected chi connectivity index (χ2v) is 22.9. The van der Waals surface area contributed by atoms with E-state index in [9.17, 15) is 29.1 Å². The molecule has 1 saturated heterocycles. The van der Waals surface area contributed by atoms with E-state index < -0.39 is 29.6 Å². The third-order valence-corrected chi connectivity index (χ3v) is 15.9. The van der Waals surface area contributed by atoms with Gasteiger partial charge in [-0.05, 0) is 73.8 Å². The number of hydrogen-bond acceptors (Lipinski definition) is 11. The summed E-state index contributed by atoms with van der Waals surface area (Å²) < 4.78 is 0. The summed E-state index contributed by atoms with van der Waals surface area (Å²) in [5.41, 5.74) is 5.83. The summed E-state index contributed by atoms with van der Waals surface area (Å²) in [4.78, 5) is 80.4.